The van der Waals surface area contributed by atoms with E-state index in [1.165, 1.54) is 28.6 Å². The molecule has 1 aliphatic carbocycles. The van der Waals surface area contributed by atoms with Crippen LogP contribution in [-0.4, -0.2) is 37.5 Å². The van der Waals surface area contributed by atoms with E-state index in [0.717, 1.165) is 32.1 Å². The van der Waals surface area contributed by atoms with Crippen LogP contribution in [0.4, 0.5) is 5.69 Å². The number of anilines is 1. The van der Waals surface area contributed by atoms with E-state index in [1.54, 1.807) is 49.5 Å². The fraction of sp³-hybridized carbons (Fsp3) is 0.259. The Morgan fingerprint density at radius 1 is 0.944 bits per heavy atom. The molecule has 3 aromatic carbocycles. The first kappa shape index (κ1) is 26.5. The minimum Gasteiger partial charge on any atom is -0.321 e. The van der Waals surface area contributed by atoms with E-state index in [0.29, 0.717) is 20.7 Å². The zero-order chi connectivity index (χ0) is 25.9. The molecule has 188 valence electrons. The summed E-state index contributed by atoms with van der Waals surface area (Å²) >= 11 is 9.59. The quantitative estimate of drug-likeness (QED) is 0.317. The van der Waals surface area contributed by atoms with Gasteiger partial charge < -0.3 is 5.32 Å². The number of carbonyl (C=O) groups excluding carboxylic acids is 2. The Kier molecular flexibility index (Phi) is 8.30. The van der Waals surface area contributed by atoms with Crippen LogP contribution in [0, 0.1) is 0 Å². The van der Waals surface area contributed by atoms with Gasteiger partial charge in [0.05, 0.1) is 15.6 Å². The number of sulfonamides is 1. The van der Waals surface area contributed by atoms with Gasteiger partial charge >= 0.3 is 0 Å². The molecule has 36 heavy (non-hydrogen) atoms. The maximum atomic E-state index is 13.2. The second-order valence-corrected chi connectivity index (χ2v) is 12.1. The summed E-state index contributed by atoms with van der Waals surface area (Å²) in [6.45, 7) is 0. The van der Waals surface area contributed by atoms with Gasteiger partial charge in [-0.2, -0.15) is 4.31 Å². The number of carbonyl (C=O) groups is 2. The molecule has 0 atom stereocenters. The lowest BCUT2D eigenvalue weighted by Gasteiger charge is -2.30. The molecule has 0 unspecified atom stereocenters. The number of nitrogens with one attached hydrogen (secondary N) is 1. The number of hydrogen-bond acceptors (Lipinski definition) is 4. The Balaban J connectivity index is 1.54. The monoisotopic (exact) mass is 588 g/mol. The highest BCUT2D eigenvalue weighted by molar-refractivity contribution is 9.10. The molecule has 1 fully saturated rings. The van der Waals surface area contributed by atoms with Crippen LogP contribution in [-0.2, 0) is 10.0 Å². The van der Waals surface area contributed by atoms with E-state index in [-0.39, 0.29) is 27.8 Å². The topological polar surface area (TPSA) is 83.6 Å². The summed E-state index contributed by atoms with van der Waals surface area (Å²) in [7, 11) is -2.04. The Bertz CT molecular complexity index is 1390. The van der Waals surface area contributed by atoms with Gasteiger partial charge in [-0.05, 0) is 67.4 Å². The third-order valence-corrected chi connectivity index (χ3v) is 9.22. The Labute approximate surface area is 224 Å². The lowest BCUT2D eigenvalue weighted by atomic mass is 9.96. The minimum atomic E-state index is -3.66. The number of ketones is 1. The van der Waals surface area contributed by atoms with Crippen molar-refractivity contribution in [3.63, 3.8) is 0 Å². The zero-order valence-electron chi connectivity index (χ0n) is 19.7. The van der Waals surface area contributed by atoms with Crippen molar-refractivity contribution in [1.82, 2.24) is 4.31 Å². The van der Waals surface area contributed by atoms with Gasteiger partial charge in [-0.25, -0.2) is 8.42 Å². The van der Waals surface area contributed by atoms with Gasteiger partial charge in [0, 0.05) is 34.3 Å². The fourth-order valence-electron chi connectivity index (χ4n) is 4.38. The van der Waals surface area contributed by atoms with Crippen molar-refractivity contribution in [1.29, 1.82) is 0 Å². The van der Waals surface area contributed by atoms with Crippen molar-refractivity contribution in [3.8, 4) is 0 Å². The smallest absolute Gasteiger partial charge is 0.255 e. The molecule has 6 nitrogen and oxygen atoms in total. The van der Waals surface area contributed by atoms with Gasteiger partial charge in [-0.15, -0.1) is 0 Å². The number of rotatable bonds is 7. The van der Waals surface area contributed by atoms with Gasteiger partial charge in [-0.1, -0.05) is 58.9 Å². The first-order valence-electron chi connectivity index (χ1n) is 11.7. The van der Waals surface area contributed by atoms with Crippen molar-refractivity contribution in [2.24, 2.45) is 0 Å². The Hall–Kier alpha value is -2.52. The van der Waals surface area contributed by atoms with Crippen LogP contribution in [0.1, 0.15) is 58.4 Å². The summed E-state index contributed by atoms with van der Waals surface area (Å²) in [6, 6.07) is 17.5. The average Bonchev–Trinajstić information content (AvgIpc) is 2.89. The normalized spacial score (nSPS) is 14.6. The number of halogens is 2. The van der Waals surface area contributed by atoms with Gasteiger partial charge in [0.1, 0.15) is 0 Å². The molecular weight excluding hydrogens is 564 g/mol. The predicted molar refractivity (Wildman–Crippen MR) is 145 cm³/mol. The van der Waals surface area contributed by atoms with Crippen LogP contribution in [0.3, 0.4) is 0 Å². The Morgan fingerprint density at radius 2 is 1.61 bits per heavy atom. The number of amides is 1. The average molecular weight is 590 g/mol. The van der Waals surface area contributed by atoms with E-state index in [1.807, 2.05) is 0 Å². The lowest BCUT2D eigenvalue weighted by Crippen LogP contribution is -2.38. The van der Waals surface area contributed by atoms with Gasteiger partial charge in [0.2, 0.25) is 10.0 Å². The molecule has 0 saturated heterocycles. The van der Waals surface area contributed by atoms with Crippen molar-refractivity contribution in [2.75, 3.05) is 12.4 Å². The molecule has 1 saturated carbocycles. The number of hydrogen-bond donors (Lipinski definition) is 1. The number of nitrogens with zero attached hydrogens (tertiary/aromatic N) is 1. The van der Waals surface area contributed by atoms with Gasteiger partial charge in [0.15, 0.2) is 5.78 Å². The second kappa shape index (κ2) is 11.3. The van der Waals surface area contributed by atoms with Crippen LogP contribution < -0.4 is 5.32 Å². The molecule has 0 radical (unpaired) electrons. The first-order chi connectivity index (χ1) is 17.2. The molecule has 0 spiro atoms. The SMILES string of the molecule is CN(C1CCCCC1)S(=O)(=O)c1ccc(C(=O)Nc2ccc(Br)cc2C(=O)c2ccccc2Cl)cc1. The largest absolute Gasteiger partial charge is 0.321 e. The highest BCUT2D eigenvalue weighted by Crippen LogP contribution is 2.29. The van der Waals surface area contributed by atoms with Crippen molar-refractivity contribution >= 4 is 54.9 Å². The Morgan fingerprint density at radius 3 is 2.28 bits per heavy atom. The predicted octanol–water partition coefficient (Wildman–Crippen LogP) is 6.54. The summed E-state index contributed by atoms with van der Waals surface area (Å²) < 4.78 is 28.3. The molecule has 1 N–H and O–H groups in total. The maximum absolute atomic E-state index is 13.2. The van der Waals surface area contributed by atoms with E-state index in [4.69, 9.17) is 11.6 Å². The van der Waals surface area contributed by atoms with Crippen LogP contribution >= 0.6 is 27.5 Å². The first-order valence-corrected chi connectivity index (χ1v) is 14.3. The zero-order valence-corrected chi connectivity index (χ0v) is 22.9. The van der Waals surface area contributed by atoms with Crippen molar-refractivity contribution in [3.05, 3.63) is 92.9 Å². The second-order valence-electron chi connectivity index (χ2n) is 8.79. The third-order valence-electron chi connectivity index (χ3n) is 6.48. The van der Waals surface area contributed by atoms with Crippen LogP contribution in [0.2, 0.25) is 5.02 Å². The summed E-state index contributed by atoms with van der Waals surface area (Å²) in [6.07, 6.45) is 4.91. The van der Waals surface area contributed by atoms with Gasteiger partial charge in [-0.3, -0.25) is 9.59 Å². The maximum Gasteiger partial charge on any atom is 0.255 e. The molecule has 1 amide bonds. The highest BCUT2D eigenvalue weighted by atomic mass is 79.9. The molecule has 0 aliphatic heterocycles. The lowest BCUT2D eigenvalue weighted by molar-refractivity contribution is 0.102. The van der Waals surface area contributed by atoms with Crippen molar-refractivity contribution < 1.29 is 18.0 Å². The summed E-state index contributed by atoms with van der Waals surface area (Å²) in [5, 5.41) is 3.09. The van der Waals surface area contributed by atoms with Crippen LogP contribution in [0.5, 0.6) is 0 Å². The van der Waals surface area contributed by atoms with Crippen molar-refractivity contribution in [2.45, 2.75) is 43.0 Å². The molecule has 4 rings (SSSR count). The molecule has 1 aliphatic rings. The summed E-state index contributed by atoms with van der Waals surface area (Å²) in [5.41, 5.74) is 1.19. The molecular formula is C27H26BrClN2O4S. The highest BCUT2D eigenvalue weighted by Gasteiger charge is 2.29. The molecule has 0 aromatic heterocycles. The van der Waals surface area contributed by atoms with E-state index in [9.17, 15) is 18.0 Å². The third kappa shape index (κ3) is 5.72. The van der Waals surface area contributed by atoms with E-state index in [2.05, 4.69) is 21.2 Å². The van der Waals surface area contributed by atoms with Gasteiger partial charge in [0.25, 0.3) is 5.91 Å². The molecule has 3 aromatic rings. The van der Waals surface area contributed by atoms with Crippen LogP contribution in [0.25, 0.3) is 0 Å². The molecule has 9 heteroatoms. The molecule has 0 bridgehead atoms. The van der Waals surface area contributed by atoms with Crippen LogP contribution in [0.15, 0.2) is 76.1 Å². The molecule has 0 heterocycles. The number of benzene rings is 3. The minimum absolute atomic E-state index is 0.00166. The summed E-state index contributed by atoms with van der Waals surface area (Å²) in [5.74, 6) is -0.792. The summed E-state index contributed by atoms with van der Waals surface area (Å²) in [4.78, 5) is 26.3. The fourth-order valence-corrected chi connectivity index (χ4v) is 6.38. The standard InChI is InChI=1S/C27H26BrClN2O4S/c1-31(20-7-3-2-4-8-20)36(34,35)21-14-11-18(12-15-21)27(33)30-25-16-13-19(28)17-23(25)26(32)22-9-5-6-10-24(22)29/h5-6,9-17,20H,2-4,7-8H2,1H3,(H,30,33). The van der Waals surface area contributed by atoms with E-state index < -0.39 is 15.9 Å². The van der Waals surface area contributed by atoms with E-state index >= 15 is 0 Å².